The lowest BCUT2D eigenvalue weighted by Gasteiger charge is -2.71. The molecule has 1 unspecified atom stereocenters. The number of benzene rings is 3. The third-order valence-corrected chi connectivity index (χ3v) is 14.6. The van der Waals surface area contributed by atoms with E-state index in [0.29, 0.717) is 31.5 Å². The zero-order valence-electron chi connectivity index (χ0n) is 30.0. The molecule has 3 fully saturated rings. The lowest BCUT2D eigenvalue weighted by atomic mass is 9.32. The summed E-state index contributed by atoms with van der Waals surface area (Å²) in [5, 5.41) is 44.4. The van der Waals surface area contributed by atoms with Crippen LogP contribution in [0.3, 0.4) is 0 Å². The molecule has 268 valence electrons. The van der Waals surface area contributed by atoms with Gasteiger partial charge in [0.1, 0.15) is 0 Å². The number of Topliss-reactive ketones (excluding diaryl/α,β-unsaturated/α-hetero) is 1. The molecule has 51 heavy (non-hydrogen) atoms. The number of carbonyl (C=O) groups is 1. The summed E-state index contributed by atoms with van der Waals surface area (Å²) in [5.41, 5.74) is 2.22. The van der Waals surface area contributed by atoms with Gasteiger partial charge in [0.2, 0.25) is 0 Å². The van der Waals surface area contributed by atoms with Crippen molar-refractivity contribution in [1.29, 1.82) is 0 Å². The van der Waals surface area contributed by atoms with Crippen molar-refractivity contribution in [2.45, 2.75) is 83.1 Å². The molecule has 0 aliphatic heterocycles. The SMILES string of the molecule is C[C@]12CC[C@H]3[C@]4(C=C[C@@]5(C=C4C(=O)c4ccc(-c6ccccc6)cc4)CC(O)CC[C@]35C)[C@@H]1CC[C@@]2(O)CN(Cc1ccccc1)C[C@H](O)CO. The number of aliphatic hydroxyl groups is 4. The van der Waals surface area contributed by atoms with Gasteiger partial charge < -0.3 is 20.4 Å². The second kappa shape index (κ2) is 12.6. The molecule has 6 heteroatoms. The van der Waals surface area contributed by atoms with Crippen LogP contribution in [0.2, 0.25) is 0 Å². The van der Waals surface area contributed by atoms with Crippen LogP contribution in [-0.2, 0) is 6.54 Å². The minimum Gasteiger partial charge on any atom is -0.394 e. The Balaban J connectivity index is 1.19. The quantitative estimate of drug-likeness (QED) is 0.136. The van der Waals surface area contributed by atoms with E-state index >= 15 is 4.79 Å². The molecule has 2 bridgehead atoms. The number of carbonyl (C=O) groups excluding carboxylic acids is 1. The molecule has 3 saturated carbocycles. The van der Waals surface area contributed by atoms with Gasteiger partial charge in [0, 0.05) is 47.0 Å². The summed E-state index contributed by atoms with van der Waals surface area (Å²) in [6, 6.07) is 28.4. The average molecular weight is 688 g/mol. The minimum atomic E-state index is -1.06. The number of rotatable bonds is 10. The molecular formula is C45H53NO5. The highest BCUT2D eigenvalue weighted by Crippen LogP contribution is 2.78. The van der Waals surface area contributed by atoms with Crippen LogP contribution in [0, 0.1) is 33.5 Å². The fraction of sp³-hybridized carbons (Fsp3) is 0.489. The minimum absolute atomic E-state index is 0.0344. The Morgan fingerprint density at radius 3 is 2.16 bits per heavy atom. The molecule has 0 saturated heterocycles. The lowest BCUT2D eigenvalue weighted by Crippen LogP contribution is -2.67. The topological polar surface area (TPSA) is 101 Å². The van der Waals surface area contributed by atoms with Gasteiger partial charge in [-0.25, -0.2) is 0 Å². The average Bonchev–Trinajstić information content (AvgIpc) is 3.41. The van der Waals surface area contributed by atoms with Crippen LogP contribution in [0.25, 0.3) is 11.1 Å². The summed E-state index contributed by atoms with van der Waals surface area (Å²) in [6.45, 7) is 5.52. The first-order valence-corrected chi connectivity index (χ1v) is 19.1. The first kappa shape index (κ1) is 34.7. The number of nitrogens with zero attached hydrogens (tertiary/aromatic N) is 1. The van der Waals surface area contributed by atoms with Gasteiger partial charge in [-0.05, 0) is 78.9 Å². The molecule has 4 N–H and O–H groups in total. The molecule has 0 heterocycles. The first-order valence-electron chi connectivity index (χ1n) is 19.1. The Morgan fingerprint density at radius 2 is 1.45 bits per heavy atom. The number of hydrogen-bond donors (Lipinski definition) is 4. The standard InChI is InChI=1S/C45H53NO5/c1-41-20-17-35(48)25-43(41)23-24-45(37(26-43)40(50)34-15-13-33(14-16-34)32-11-7-4-8-12-32)38(41)18-21-42(2)39(45)19-22-44(42,51)30-46(28-36(49)29-47)27-31-9-5-3-6-10-31/h3-16,23-24,26,35-36,38-39,47-49,51H,17-22,25,27-30H2,1-2H3/t35?,36-,38+,39+,41+,42-,43-,44+,45+/m0/s1. The lowest BCUT2D eigenvalue weighted by molar-refractivity contribution is -0.177. The summed E-state index contributed by atoms with van der Waals surface area (Å²) in [6.07, 6.45) is 11.1. The number of aliphatic hydroxyl groups excluding tert-OH is 3. The summed E-state index contributed by atoms with van der Waals surface area (Å²) < 4.78 is 0. The summed E-state index contributed by atoms with van der Waals surface area (Å²) >= 11 is 0. The van der Waals surface area contributed by atoms with E-state index in [2.05, 4.69) is 61.2 Å². The van der Waals surface area contributed by atoms with Crippen molar-refractivity contribution in [3.05, 3.63) is 120 Å². The highest BCUT2D eigenvalue weighted by Gasteiger charge is 2.74. The maximum Gasteiger partial charge on any atom is 0.189 e. The van der Waals surface area contributed by atoms with Crippen molar-refractivity contribution in [2.24, 2.45) is 33.5 Å². The zero-order chi connectivity index (χ0) is 35.6. The molecule has 0 aromatic heterocycles. The van der Waals surface area contributed by atoms with Crippen molar-refractivity contribution in [1.82, 2.24) is 4.90 Å². The zero-order valence-corrected chi connectivity index (χ0v) is 30.0. The molecule has 2 spiro atoms. The Morgan fingerprint density at radius 1 is 0.824 bits per heavy atom. The Bertz CT molecular complexity index is 1820. The van der Waals surface area contributed by atoms with Gasteiger partial charge in [-0.1, -0.05) is 117 Å². The molecule has 6 nitrogen and oxygen atoms in total. The summed E-state index contributed by atoms with van der Waals surface area (Å²) in [4.78, 5) is 17.2. The van der Waals surface area contributed by atoms with E-state index in [9.17, 15) is 20.4 Å². The van der Waals surface area contributed by atoms with E-state index in [4.69, 9.17) is 0 Å². The molecule has 3 aromatic carbocycles. The highest BCUT2D eigenvalue weighted by molar-refractivity contribution is 6.10. The second-order valence-corrected chi connectivity index (χ2v) is 17.1. The molecule has 6 aliphatic carbocycles. The fourth-order valence-electron chi connectivity index (χ4n) is 12.0. The van der Waals surface area contributed by atoms with Gasteiger partial charge in [0.25, 0.3) is 0 Å². The van der Waals surface area contributed by atoms with Crippen molar-refractivity contribution in [3.8, 4) is 11.1 Å². The predicted octanol–water partition coefficient (Wildman–Crippen LogP) is 6.98. The van der Waals surface area contributed by atoms with Crippen LogP contribution in [-0.4, -0.2) is 68.6 Å². The van der Waals surface area contributed by atoms with E-state index in [0.717, 1.165) is 54.4 Å². The van der Waals surface area contributed by atoms with E-state index in [1.165, 1.54) is 0 Å². The van der Waals surface area contributed by atoms with Crippen molar-refractivity contribution in [2.75, 3.05) is 19.7 Å². The molecule has 0 radical (unpaired) electrons. The van der Waals surface area contributed by atoms with Crippen LogP contribution in [0.1, 0.15) is 74.7 Å². The van der Waals surface area contributed by atoms with Crippen LogP contribution >= 0.6 is 0 Å². The fourth-order valence-corrected chi connectivity index (χ4v) is 12.0. The van der Waals surface area contributed by atoms with E-state index in [-0.39, 0.29) is 41.6 Å². The molecule has 9 atom stereocenters. The van der Waals surface area contributed by atoms with E-state index in [1.807, 2.05) is 60.7 Å². The Hall–Kier alpha value is -3.39. The third-order valence-electron chi connectivity index (χ3n) is 14.6. The van der Waals surface area contributed by atoms with E-state index in [1.54, 1.807) is 0 Å². The van der Waals surface area contributed by atoms with Crippen LogP contribution in [0.15, 0.2) is 109 Å². The maximum absolute atomic E-state index is 15.0. The Labute approximate surface area is 302 Å². The second-order valence-electron chi connectivity index (χ2n) is 17.1. The van der Waals surface area contributed by atoms with Gasteiger partial charge in [0.05, 0.1) is 24.4 Å². The monoisotopic (exact) mass is 687 g/mol. The molecular weight excluding hydrogens is 634 g/mol. The number of ketones is 1. The van der Waals surface area contributed by atoms with E-state index < -0.39 is 28.6 Å². The van der Waals surface area contributed by atoms with Crippen LogP contribution in [0.5, 0.6) is 0 Å². The first-order chi connectivity index (χ1) is 24.5. The normalized spacial score (nSPS) is 37.0. The van der Waals surface area contributed by atoms with Crippen LogP contribution in [0.4, 0.5) is 0 Å². The number of allylic oxidation sites excluding steroid dienone is 4. The summed E-state index contributed by atoms with van der Waals surface area (Å²) in [7, 11) is 0. The molecule has 6 aliphatic rings. The van der Waals surface area contributed by atoms with Gasteiger partial charge in [-0.3, -0.25) is 9.69 Å². The van der Waals surface area contributed by atoms with Crippen molar-refractivity contribution < 1.29 is 25.2 Å². The van der Waals surface area contributed by atoms with Crippen molar-refractivity contribution in [3.63, 3.8) is 0 Å². The predicted molar refractivity (Wildman–Crippen MR) is 200 cm³/mol. The molecule has 9 rings (SSSR count). The van der Waals surface area contributed by atoms with Gasteiger partial charge in [-0.2, -0.15) is 0 Å². The largest absolute Gasteiger partial charge is 0.394 e. The smallest absolute Gasteiger partial charge is 0.189 e. The molecule has 0 amide bonds. The highest BCUT2D eigenvalue weighted by atomic mass is 16.3. The number of fused-ring (bicyclic) bond motifs is 1. The Kier molecular flexibility index (Phi) is 8.59. The van der Waals surface area contributed by atoms with Gasteiger partial charge >= 0.3 is 0 Å². The van der Waals surface area contributed by atoms with Gasteiger partial charge in [-0.15, -0.1) is 0 Å². The third kappa shape index (κ3) is 5.27. The van der Waals surface area contributed by atoms with Gasteiger partial charge in [0.15, 0.2) is 5.78 Å². The van der Waals surface area contributed by atoms with Crippen molar-refractivity contribution >= 4 is 5.78 Å². The van der Waals surface area contributed by atoms with Crippen LogP contribution < -0.4 is 0 Å². The number of hydrogen-bond acceptors (Lipinski definition) is 6. The summed E-state index contributed by atoms with van der Waals surface area (Å²) in [5.74, 6) is 0.307. The molecule has 3 aromatic rings. The maximum atomic E-state index is 15.0.